The summed E-state index contributed by atoms with van der Waals surface area (Å²) in [5.41, 5.74) is 0. The van der Waals surface area contributed by atoms with E-state index in [2.05, 4.69) is 24.1 Å². The third-order valence-corrected chi connectivity index (χ3v) is 3.14. The van der Waals surface area contributed by atoms with Crippen molar-refractivity contribution in [3.05, 3.63) is 0 Å². The van der Waals surface area contributed by atoms with E-state index >= 15 is 0 Å². The summed E-state index contributed by atoms with van der Waals surface area (Å²) in [7, 11) is 1.89. The largest absolute Gasteiger partial charge is 0.395 e. The van der Waals surface area contributed by atoms with Crippen molar-refractivity contribution in [3.8, 4) is 0 Å². The van der Waals surface area contributed by atoms with Gasteiger partial charge in [0.25, 0.3) is 0 Å². The normalized spacial score (nSPS) is 30.4. The number of ether oxygens (including phenoxy) is 1. The highest BCUT2D eigenvalue weighted by Crippen LogP contribution is 2.14. The second-order valence-electron chi connectivity index (χ2n) is 4.33. The molecular formula is C11H24N2O2. The summed E-state index contributed by atoms with van der Waals surface area (Å²) in [4.78, 5) is 2.42. The quantitative estimate of drug-likeness (QED) is 0.682. The van der Waals surface area contributed by atoms with Gasteiger partial charge >= 0.3 is 0 Å². The van der Waals surface area contributed by atoms with Gasteiger partial charge in [0, 0.05) is 25.2 Å². The molecule has 4 nitrogen and oxygen atoms in total. The van der Waals surface area contributed by atoms with Crippen LogP contribution in [0.5, 0.6) is 0 Å². The van der Waals surface area contributed by atoms with E-state index in [-0.39, 0.29) is 12.6 Å². The van der Waals surface area contributed by atoms with Gasteiger partial charge in [-0.3, -0.25) is 4.90 Å². The van der Waals surface area contributed by atoms with E-state index in [1.54, 1.807) is 0 Å². The third kappa shape index (κ3) is 3.72. The maximum atomic E-state index is 9.16. The molecule has 4 heteroatoms. The zero-order valence-corrected chi connectivity index (χ0v) is 10.1. The number of hydrogen-bond donors (Lipinski definition) is 2. The highest BCUT2D eigenvalue weighted by molar-refractivity contribution is 4.81. The highest BCUT2D eigenvalue weighted by atomic mass is 16.5. The lowest BCUT2D eigenvalue weighted by Gasteiger charge is -2.39. The maximum Gasteiger partial charge on any atom is 0.0674 e. The van der Waals surface area contributed by atoms with Crippen LogP contribution < -0.4 is 5.32 Å². The van der Waals surface area contributed by atoms with Gasteiger partial charge in [-0.15, -0.1) is 0 Å². The van der Waals surface area contributed by atoms with Crippen LogP contribution in [0.25, 0.3) is 0 Å². The number of morpholine rings is 1. The van der Waals surface area contributed by atoms with Gasteiger partial charge in [0.05, 0.1) is 19.3 Å². The molecule has 3 unspecified atom stereocenters. The zero-order valence-electron chi connectivity index (χ0n) is 10.1. The van der Waals surface area contributed by atoms with Crippen molar-refractivity contribution >= 4 is 0 Å². The molecule has 15 heavy (non-hydrogen) atoms. The molecule has 0 saturated carbocycles. The minimum atomic E-state index is 0.171. The maximum absolute atomic E-state index is 9.16. The molecule has 0 aromatic carbocycles. The first kappa shape index (κ1) is 12.9. The van der Waals surface area contributed by atoms with Crippen LogP contribution in [0.3, 0.4) is 0 Å². The van der Waals surface area contributed by atoms with Crippen LogP contribution in [0.4, 0.5) is 0 Å². The van der Waals surface area contributed by atoms with Crippen LogP contribution in [0.15, 0.2) is 0 Å². The average molecular weight is 216 g/mol. The standard InChI is InChI=1S/C11H24N2O2/c1-4-11-8-15-9(2)5-13(11)6-10(7-14)12-3/h9-12,14H,4-8H2,1-3H3. The Bertz CT molecular complexity index is 174. The van der Waals surface area contributed by atoms with Crippen molar-refractivity contribution in [2.75, 3.05) is 33.4 Å². The van der Waals surface area contributed by atoms with E-state index in [1.807, 2.05) is 7.05 Å². The van der Waals surface area contributed by atoms with E-state index in [1.165, 1.54) is 0 Å². The minimum absolute atomic E-state index is 0.171. The fraction of sp³-hybridized carbons (Fsp3) is 1.00. The molecule has 1 aliphatic heterocycles. The minimum Gasteiger partial charge on any atom is -0.395 e. The van der Waals surface area contributed by atoms with Gasteiger partial charge in [-0.2, -0.15) is 0 Å². The van der Waals surface area contributed by atoms with E-state index < -0.39 is 0 Å². The number of aliphatic hydroxyl groups excluding tert-OH is 1. The first-order valence-corrected chi connectivity index (χ1v) is 5.85. The molecule has 1 rings (SSSR count). The number of nitrogens with zero attached hydrogens (tertiary/aromatic N) is 1. The fourth-order valence-corrected chi connectivity index (χ4v) is 2.04. The van der Waals surface area contributed by atoms with Crippen LogP contribution in [0, 0.1) is 0 Å². The molecule has 0 radical (unpaired) electrons. The third-order valence-electron chi connectivity index (χ3n) is 3.14. The van der Waals surface area contributed by atoms with Gasteiger partial charge < -0.3 is 15.2 Å². The lowest BCUT2D eigenvalue weighted by atomic mass is 10.1. The van der Waals surface area contributed by atoms with Gasteiger partial charge in [-0.1, -0.05) is 6.92 Å². The smallest absolute Gasteiger partial charge is 0.0674 e. The van der Waals surface area contributed by atoms with Crippen molar-refractivity contribution in [2.24, 2.45) is 0 Å². The monoisotopic (exact) mass is 216 g/mol. The summed E-state index contributed by atoms with van der Waals surface area (Å²) >= 11 is 0. The summed E-state index contributed by atoms with van der Waals surface area (Å²) in [6.45, 7) is 7.17. The van der Waals surface area contributed by atoms with Crippen molar-refractivity contribution in [3.63, 3.8) is 0 Å². The molecule has 3 atom stereocenters. The Morgan fingerprint density at radius 1 is 1.60 bits per heavy atom. The Balaban J connectivity index is 2.47. The Labute approximate surface area is 92.6 Å². The van der Waals surface area contributed by atoms with Crippen LogP contribution >= 0.6 is 0 Å². The average Bonchev–Trinajstić information content (AvgIpc) is 2.26. The van der Waals surface area contributed by atoms with E-state index in [0.717, 1.165) is 26.1 Å². The summed E-state index contributed by atoms with van der Waals surface area (Å²) in [5, 5.41) is 12.3. The highest BCUT2D eigenvalue weighted by Gasteiger charge is 2.26. The Kier molecular flexibility index (Phi) is 5.53. The van der Waals surface area contributed by atoms with Gasteiger partial charge in [0.2, 0.25) is 0 Å². The van der Waals surface area contributed by atoms with Crippen LogP contribution in [-0.2, 0) is 4.74 Å². The van der Waals surface area contributed by atoms with Crippen molar-refractivity contribution < 1.29 is 9.84 Å². The topological polar surface area (TPSA) is 44.7 Å². The number of hydrogen-bond acceptors (Lipinski definition) is 4. The lowest BCUT2D eigenvalue weighted by molar-refractivity contribution is -0.0598. The SMILES string of the molecule is CCC1COC(C)CN1CC(CO)NC. The molecule has 0 spiro atoms. The van der Waals surface area contributed by atoms with Crippen LogP contribution in [0.2, 0.25) is 0 Å². The molecular weight excluding hydrogens is 192 g/mol. The molecule has 0 aromatic rings. The number of nitrogens with one attached hydrogen (secondary N) is 1. The fourth-order valence-electron chi connectivity index (χ4n) is 2.04. The zero-order chi connectivity index (χ0) is 11.3. The van der Waals surface area contributed by atoms with E-state index in [0.29, 0.717) is 12.1 Å². The molecule has 90 valence electrons. The molecule has 0 aliphatic carbocycles. The predicted octanol–water partition coefficient (Wildman–Crippen LogP) is 0.0660. The van der Waals surface area contributed by atoms with Gasteiger partial charge in [0.15, 0.2) is 0 Å². The summed E-state index contributed by atoms with van der Waals surface area (Å²) in [6, 6.07) is 0.674. The Morgan fingerprint density at radius 2 is 2.33 bits per heavy atom. The summed E-state index contributed by atoms with van der Waals surface area (Å²) < 4.78 is 5.64. The number of rotatable bonds is 5. The molecule has 0 bridgehead atoms. The summed E-state index contributed by atoms with van der Waals surface area (Å²) in [6.07, 6.45) is 1.41. The van der Waals surface area contributed by atoms with E-state index in [4.69, 9.17) is 9.84 Å². The molecule has 1 aliphatic rings. The van der Waals surface area contributed by atoms with Crippen molar-refractivity contribution in [1.29, 1.82) is 0 Å². The van der Waals surface area contributed by atoms with Crippen LogP contribution in [-0.4, -0.2) is 61.5 Å². The van der Waals surface area contributed by atoms with Crippen molar-refractivity contribution in [2.45, 2.75) is 38.5 Å². The first-order valence-electron chi connectivity index (χ1n) is 5.85. The molecule has 1 fully saturated rings. The molecule has 2 N–H and O–H groups in total. The second kappa shape index (κ2) is 6.43. The second-order valence-corrected chi connectivity index (χ2v) is 4.33. The number of aliphatic hydroxyl groups is 1. The van der Waals surface area contributed by atoms with Crippen LogP contribution in [0.1, 0.15) is 20.3 Å². The molecule has 0 aromatic heterocycles. The first-order chi connectivity index (χ1) is 7.21. The number of likely N-dealkylation sites (N-methyl/N-ethyl adjacent to an activating group) is 1. The van der Waals surface area contributed by atoms with Gasteiger partial charge in [-0.05, 0) is 20.4 Å². The van der Waals surface area contributed by atoms with Gasteiger partial charge in [0.1, 0.15) is 0 Å². The molecule has 1 saturated heterocycles. The van der Waals surface area contributed by atoms with E-state index in [9.17, 15) is 0 Å². The van der Waals surface area contributed by atoms with Crippen molar-refractivity contribution in [1.82, 2.24) is 10.2 Å². The molecule has 1 heterocycles. The Hall–Kier alpha value is -0.160. The predicted molar refractivity (Wildman–Crippen MR) is 61.0 cm³/mol. The Morgan fingerprint density at radius 3 is 2.87 bits per heavy atom. The molecule has 0 amide bonds. The lowest BCUT2D eigenvalue weighted by Crippen LogP contribution is -2.53. The summed E-state index contributed by atoms with van der Waals surface area (Å²) in [5.74, 6) is 0. The van der Waals surface area contributed by atoms with Gasteiger partial charge in [-0.25, -0.2) is 0 Å².